The number of rotatable bonds is 3. The summed E-state index contributed by atoms with van der Waals surface area (Å²) in [4.78, 5) is 10.4. The molecule has 0 aliphatic rings. The van der Waals surface area contributed by atoms with Crippen LogP contribution in [-0.2, 0) is 9.53 Å². The van der Waals surface area contributed by atoms with Crippen LogP contribution in [0.4, 0.5) is 0 Å². The lowest BCUT2D eigenvalue weighted by molar-refractivity contribution is -0.141. The third kappa shape index (κ3) is 4.62. The monoisotopic (exact) mass is 128 g/mol. The smallest absolute Gasteiger partial charge is 0.326 e. The number of carbonyl (C=O) groups is 1. The number of carbonyl (C=O) groups excluding carboxylic acids is 1. The molecule has 0 saturated carbocycles. The van der Waals surface area contributed by atoms with Crippen molar-refractivity contribution in [1.82, 2.24) is 5.32 Å². The van der Waals surface area contributed by atoms with Crippen LogP contribution >= 0.6 is 0 Å². The van der Waals surface area contributed by atoms with Gasteiger partial charge in [-0.1, -0.05) is 0 Å². The fraction of sp³-hybridized carbons (Fsp3) is 0.600. The van der Waals surface area contributed by atoms with E-state index < -0.39 is 5.97 Å². The maximum atomic E-state index is 10.4. The number of esters is 1. The van der Waals surface area contributed by atoms with Gasteiger partial charge in [-0.05, 0) is 6.92 Å². The van der Waals surface area contributed by atoms with Crippen molar-refractivity contribution >= 4 is 5.97 Å². The molecule has 4 nitrogen and oxygen atoms in total. The fourth-order valence-corrected chi connectivity index (χ4v) is 0.324. The van der Waals surface area contributed by atoms with Gasteiger partial charge in [-0.25, -0.2) is 0 Å². The molecule has 9 heavy (non-hydrogen) atoms. The van der Waals surface area contributed by atoms with E-state index in [9.17, 15) is 4.79 Å². The number of nitrogens with zero attached hydrogens (tertiary/aromatic N) is 1. The molecule has 0 rings (SSSR count). The van der Waals surface area contributed by atoms with Crippen molar-refractivity contribution < 1.29 is 9.53 Å². The molecule has 0 amide bonds. The summed E-state index contributed by atoms with van der Waals surface area (Å²) in [6.45, 7) is 2.03. The molecule has 0 aliphatic carbocycles. The first-order valence-corrected chi connectivity index (χ1v) is 2.58. The van der Waals surface area contributed by atoms with E-state index in [0.29, 0.717) is 6.61 Å². The van der Waals surface area contributed by atoms with E-state index in [0.717, 1.165) is 0 Å². The van der Waals surface area contributed by atoms with E-state index in [1.54, 1.807) is 13.1 Å². The molecule has 1 N–H and O–H groups in total. The molecule has 0 bridgehead atoms. The highest BCUT2D eigenvalue weighted by Gasteiger charge is 1.96. The molecule has 0 saturated heterocycles. The summed E-state index contributed by atoms with van der Waals surface area (Å²) in [5.74, 6) is -0.404. The van der Waals surface area contributed by atoms with Crippen molar-refractivity contribution in [3.8, 4) is 6.19 Å². The summed E-state index contributed by atoms with van der Waals surface area (Å²) in [6, 6.07) is 0. The topological polar surface area (TPSA) is 62.1 Å². The van der Waals surface area contributed by atoms with Gasteiger partial charge in [0.15, 0.2) is 6.19 Å². The maximum absolute atomic E-state index is 10.4. The van der Waals surface area contributed by atoms with E-state index in [-0.39, 0.29) is 6.54 Å². The van der Waals surface area contributed by atoms with Crippen molar-refractivity contribution in [2.75, 3.05) is 13.2 Å². The van der Waals surface area contributed by atoms with E-state index in [2.05, 4.69) is 10.1 Å². The van der Waals surface area contributed by atoms with Gasteiger partial charge < -0.3 is 10.1 Å². The third-order valence-corrected chi connectivity index (χ3v) is 0.617. The molecule has 50 valence electrons. The van der Waals surface area contributed by atoms with Crippen molar-refractivity contribution in [3.63, 3.8) is 0 Å². The van der Waals surface area contributed by atoms with Crippen LogP contribution in [0.1, 0.15) is 6.92 Å². The van der Waals surface area contributed by atoms with Crippen LogP contribution in [0.15, 0.2) is 0 Å². The molecule has 0 unspecified atom stereocenters. The first kappa shape index (κ1) is 7.76. The first-order valence-electron chi connectivity index (χ1n) is 2.58. The second kappa shape index (κ2) is 4.91. The SMILES string of the molecule is CCOC(=O)CNC#N. The summed E-state index contributed by atoms with van der Waals surface area (Å²) >= 11 is 0. The number of hydrogen-bond acceptors (Lipinski definition) is 4. The van der Waals surface area contributed by atoms with Gasteiger partial charge in [0.1, 0.15) is 6.54 Å². The number of hydrogen-bond donors (Lipinski definition) is 1. The first-order chi connectivity index (χ1) is 4.31. The van der Waals surface area contributed by atoms with E-state index in [1.165, 1.54) is 0 Å². The Hall–Kier alpha value is -1.24. The Morgan fingerprint density at radius 2 is 2.56 bits per heavy atom. The van der Waals surface area contributed by atoms with Crippen LogP contribution in [0.3, 0.4) is 0 Å². The Balaban J connectivity index is 3.19. The van der Waals surface area contributed by atoms with E-state index in [1.807, 2.05) is 0 Å². The molecule has 0 aromatic carbocycles. The Bertz CT molecular complexity index is 127. The van der Waals surface area contributed by atoms with E-state index in [4.69, 9.17) is 5.26 Å². The van der Waals surface area contributed by atoms with Crippen LogP contribution in [0, 0.1) is 11.5 Å². The Labute approximate surface area is 53.4 Å². The zero-order chi connectivity index (χ0) is 7.11. The van der Waals surface area contributed by atoms with Crippen LogP contribution in [-0.4, -0.2) is 19.1 Å². The lowest BCUT2D eigenvalue weighted by atomic mass is 10.6. The molecule has 0 aromatic heterocycles. The van der Waals surface area contributed by atoms with Gasteiger partial charge in [0.05, 0.1) is 6.61 Å². The van der Waals surface area contributed by atoms with Gasteiger partial charge in [-0.3, -0.25) is 4.79 Å². The van der Waals surface area contributed by atoms with Crippen LogP contribution in [0.5, 0.6) is 0 Å². The standard InChI is InChI=1S/C5H8N2O2/c1-2-9-5(8)3-7-4-6/h7H,2-3H2,1H3. The van der Waals surface area contributed by atoms with Gasteiger partial charge in [-0.2, -0.15) is 5.26 Å². The fourth-order valence-electron chi connectivity index (χ4n) is 0.324. The maximum Gasteiger partial charge on any atom is 0.326 e. The van der Waals surface area contributed by atoms with E-state index >= 15 is 0 Å². The Morgan fingerprint density at radius 1 is 1.89 bits per heavy atom. The molecular weight excluding hydrogens is 120 g/mol. The average Bonchev–Trinajstić information content (AvgIpc) is 1.85. The zero-order valence-electron chi connectivity index (χ0n) is 5.18. The molecule has 0 atom stereocenters. The normalized spacial score (nSPS) is 7.56. The van der Waals surface area contributed by atoms with Crippen LogP contribution in [0.25, 0.3) is 0 Å². The summed E-state index contributed by atoms with van der Waals surface area (Å²) in [5, 5.41) is 10.1. The number of ether oxygens (including phenoxy) is 1. The van der Waals surface area contributed by atoms with Gasteiger partial charge in [0, 0.05) is 0 Å². The lowest BCUT2D eigenvalue weighted by Crippen LogP contribution is -2.20. The van der Waals surface area contributed by atoms with Gasteiger partial charge in [0.2, 0.25) is 0 Å². The molecule has 0 radical (unpaired) electrons. The van der Waals surface area contributed by atoms with Gasteiger partial charge >= 0.3 is 5.97 Å². The average molecular weight is 128 g/mol. The van der Waals surface area contributed by atoms with Crippen molar-refractivity contribution in [2.24, 2.45) is 0 Å². The highest BCUT2D eigenvalue weighted by Crippen LogP contribution is 1.72. The zero-order valence-corrected chi connectivity index (χ0v) is 5.18. The Kier molecular flexibility index (Phi) is 4.23. The molecule has 0 fully saturated rings. The highest BCUT2D eigenvalue weighted by atomic mass is 16.5. The molecule has 0 spiro atoms. The van der Waals surface area contributed by atoms with Crippen LogP contribution in [0.2, 0.25) is 0 Å². The minimum Gasteiger partial charge on any atom is -0.465 e. The molecule has 0 heterocycles. The predicted molar refractivity (Wildman–Crippen MR) is 30.2 cm³/mol. The largest absolute Gasteiger partial charge is 0.465 e. The number of nitriles is 1. The van der Waals surface area contributed by atoms with Gasteiger partial charge in [0.25, 0.3) is 0 Å². The number of nitrogens with one attached hydrogen (secondary N) is 1. The van der Waals surface area contributed by atoms with Crippen molar-refractivity contribution in [1.29, 1.82) is 5.26 Å². The second-order valence-electron chi connectivity index (χ2n) is 1.27. The highest BCUT2D eigenvalue weighted by molar-refractivity contribution is 5.71. The van der Waals surface area contributed by atoms with Crippen molar-refractivity contribution in [3.05, 3.63) is 0 Å². The lowest BCUT2D eigenvalue weighted by Gasteiger charge is -1.96. The summed E-state index contributed by atoms with van der Waals surface area (Å²) in [6.07, 6.45) is 1.61. The quantitative estimate of drug-likeness (QED) is 0.319. The van der Waals surface area contributed by atoms with Gasteiger partial charge in [-0.15, -0.1) is 0 Å². The summed E-state index contributed by atoms with van der Waals surface area (Å²) < 4.78 is 4.49. The molecule has 0 aliphatic heterocycles. The predicted octanol–water partition coefficient (Wildman–Crippen LogP) is -0.380. The third-order valence-electron chi connectivity index (χ3n) is 0.617. The molecular formula is C5H8N2O2. The Morgan fingerprint density at radius 3 is 3.00 bits per heavy atom. The van der Waals surface area contributed by atoms with Crippen molar-refractivity contribution in [2.45, 2.75) is 6.92 Å². The molecule has 4 heteroatoms. The molecule has 0 aromatic rings. The minimum absolute atomic E-state index is 0.0374. The summed E-state index contributed by atoms with van der Waals surface area (Å²) in [7, 11) is 0. The summed E-state index contributed by atoms with van der Waals surface area (Å²) in [5.41, 5.74) is 0. The minimum atomic E-state index is -0.404. The second-order valence-corrected chi connectivity index (χ2v) is 1.27. The van der Waals surface area contributed by atoms with Crippen LogP contribution < -0.4 is 5.32 Å².